The molecule has 2 aromatic rings. The van der Waals surface area contributed by atoms with Gasteiger partial charge in [-0.05, 0) is 18.2 Å². The number of rotatable bonds is 0. The number of aromatic nitrogens is 2. The highest BCUT2D eigenvalue weighted by Crippen LogP contribution is 2.22. The molecule has 0 unspecified atom stereocenters. The molecule has 72 valence electrons. The quantitative estimate of drug-likeness (QED) is 0.738. The number of benzene rings is 1. The van der Waals surface area contributed by atoms with Gasteiger partial charge in [-0.2, -0.15) is 5.10 Å². The molecule has 0 N–H and O–H groups in total. The number of fused-ring (bicyclic) bond motifs is 1. The SMILES string of the molecule is Cn1nc(Cl)c2cc(Br)ccc2c1=O. The first-order valence-electron chi connectivity index (χ1n) is 3.91. The van der Waals surface area contributed by atoms with Crippen LogP contribution in [0, 0.1) is 0 Å². The van der Waals surface area contributed by atoms with Crippen LogP contribution in [0.5, 0.6) is 0 Å². The molecule has 0 saturated heterocycles. The van der Waals surface area contributed by atoms with Gasteiger partial charge >= 0.3 is 0 Å². The second-order valence-corrected chi connectivity index (χ2v) is 4.18. The van der Waals surface area contributed by atoms with E-state index in [2.05, 4.69) is 21.0 Å². The first kappa shape index (κ1) is 9.68. The lowest BCUT2D eigenvalue weighted by Crippen LogP contribution is -2.19. The normalized spacial score (nSPS) is 10.8. The van der Waals surface area contributed by atoms with Crippen LogP contribution < -0.4 is 5.56 Å². The van der Waals surface area contributed by atoms with E-state index in [9.17, 15) is 4.79 Å². The second kappa shape index (κ2) is 3.37. The largest absolute Gasteiger partial charge is 0.274 e. The van der Waals surface area contributed by atoms with Gasteiger partial charge in [0.25, 0.3) is 5.56 Å². The fraction of sp³-hybridized carbons (Fsp3) is 0.111. The molecule has 0 aliphatic carbocycles. The second-order valence-electron chi connectivity index (χ2n) is 2.91. The number of nitrogens with zero attached hydrogens (tertiary/aromatic N) is 2. The molecule has 3 nitrogen and oxygen atoms in total. The topological polar surface area (TPSA) is 34.9 Å². The summed E-state index contributed by atoms with van der Waals surface area (Å²) < 4.78 is 2.11. The highest BCUT2D eigenvalue weighted by atomic mass is 79.9. The van der Waals surface area contributed by atoms with Crippen LogP contribution in [-0.2, 0) is 7.05 Å². The summed E-state index contributed by atoms with van der Waals surface area (Å²) in [5.41, 5.74) is -0.142. The summed E-state index contributed by atoms with van der Waals surface area (Å²) in [4.78, 5) is 11.6. The summed E-state index contributed by atoms with van der Waals surface area (Å²) in [7, 11) is 1.58. The predicted molar refractivity (Wildman–Crippen MR) is 59.7 cm³/mol. The van der Waals surface area contributed by atoms with Gasteiger partial charge in [-0.3, -0.25) is 4.79 Å². The molecular formula is C9H6BrClN2O. The van der Waals surface area contributed by atoms with Crippen molar-refractivity contribution in [3.05, 3.63) is 38.2 Å². The zero-order valence-corrected chi connectivity index (χ0v) is 9.63. The van der Waals surface area contributed by atoms with E-state index in [1.54, 1.807) is 25.2 Å². The summed E-state index contributed by atoms with van der Waals surface area (Å²) in [6.45, 7) is 0. The van der Waals surface area contributed by atoms with Gasteiger partial charge in [0.1, 0.15) is 0 Å². The Morgan fingerprint density at radius 1 is 1.43 bits per heavy atom. The number of halogens is 2. The summed E-state index contributed by atoms with van der Waals surface area (Å²) in [6, 6.07) is 5.32. The molecule has 0 fully saturated rings. The molecule has 2 rings (SSSR count). The molecule has 0 atom stereocenters. The third-order valence-electron chi connectivity index (χ3n) is 1.97. The maximum Gasteiger partial charge on any atom is 0.274 e. The van der Waals surface area contributed by atoms with E-state index in [1.807, 2.05) is 0 Å². The molecule has 0 amide bonds. The summed E-state index contributed by atoms with van der Waals surface area (Å²) in [5.74, 6) is 0. The molecule has 5 heteroatoms. The molecule has 1 aromatic heterocycles. The van der Waals surface area contributed by atoms with E-state index in [1.165, 1.54) is 4.68 Å². The highest BCUT2D eigenvalue weighted by Gasteiger charge is 2.06. The van der Waals surface area contributed by atoms with Gasteiger partial charge in [0.05, 0.1) is 5.39 Å². The Hall–Kier alpha value is -0.870. The average Bonchev–Trinajstić information content (AvgIpc) is 2.14. The fourth-order valence-electron chi connectivity index (χ4n) is 1.28. The van der Waals surface area contributed by atoms with Crippen molar-refractivity contribution in [1.29, 1.82) is 0 Å². The lowest BCUT2D eigenvalue weighted by molar-refractivity contribution is 0.719. The zero-order chi connectivity index (χ0) is 10.3. The molecule has 0 bridgehead atoms. The van der Waals surface area contributed by atoms with Crippen LogP contribution in [0.3, 0.4) is 0 Å². The van der Waals surface area contributed by atoms with Gasteiger partial charge < -0.3 is 0 Å². The molecule has 0 aliphatic heterocycles. The summed E-state index contributed by atoms with van der Waals surface area (Å²) in [6.07, 6.45) is 0. The smallest absolute Gasteiger partial charge is 0.267 e. The maximum atomic E-state index is 11.6. The summed E-state index contributed by atoms with van der Waals surface area (Å²) >= 11 is 9.23. The number of hydrogen-bond donors (Lipinski definition) is 0. The van der Waals surface area contributed by atoms with Gasteiger partial charge in [-0.25, -0.2) is 4.68 Å². The maximum absolute atomic E-state index is 11.6. The van der Waals surface area contributed by atoms with Gasteiger partial charge in [0.2, 0.25) is 0 Å². The van der Waals surface area contributed by atoms with Gasteiger partial charge in [-0.15, -0.1) is 0 Å². The number of hydrogen-bond acceptors (Lipinski definition) is 2. The van der Waals surface area contributed by atoms with E-state index < -0.39 is 0 Å². The minimum atomic E-state index is -0.142. The molecule has 1 heterocycles. The van der Waals surface area contributed by atoms with Crippen LogP contribution >= 0.6 is 27.5 Å². The minimum absolute atomic E-state index is 0.142. The Morgan fingerprint density at radius 3 is 2.86 bits per heavy atom. The molecule has 0 radical (unpaired) electrons. The van der Waals surface area contributed by atoms with Crippen molar-refractivity contribution in [2.75, 3.05) is 0 Å². The van der Waals surface area contributed by atoms with Gasteiger partial charge in [-0.1, -0.05) is 27.5 Å². The lowest BCUT2D eigenvalue weighted by Gasteiger charge is -2.02. The Labute approximate surface area is 93.4 Å². The first-order valence-corrected chi connectivity index (χ1v) is 5.09. The van der Waals surface area contributed by atoms with Crippen LogP contribution in [0.1, 0.15) is 0 Å². The van der Waals surface area contributed by atoms with Crippen molar-refractivity contribution in [3.63, 3.8) is 0 Å². The predicted octanol–water partition coefficient (Wildman–Crippen LogP) is 2.35. The van der Waals surface area contributed by atoms with E-state index in [0.29, 0.717) is 15.9 Å². The minimum Gasteiger partial charge on any atom is -0.267 e. The Kier molecular flexibility index (Phi) is 2.33. The van der Waals surface area contributed by atoms with Gasteiger partial charge in [0.15, 0.2) is 5.15 Å². The van der Waals surface area contributed by atoms with E-state index in [-0.39, 0.29) is 5.56 Å². The van der Waals surface area contributed by atoms with Crippen LogP contribution in [0.4, 0.5) is 0 Å². The average molecular weight is 274 g/mol. The van der Waals surface area contributed by atoms with Crippen molar-refractivity contribution in [1.82, 2.24) is 9.78 Å². The van der Waals surface area contributed by atoms with E-state index in [4.69, 9.17) is 11.6 Å². The molecule has 14 heavy (non-hydrogen) atoms. The first-order chi connectivity index (χ1) is 6.59. The molecule has 0 saturated carbocycles. The number of aryl methyl sites for hydroxylation is 1. The Bertz CT molecular complexity index is 564. The standard InChI is InChI=1S/C9H6BrClN2O/c1-13-9(14)6-3-2-5(10)4-7(6)8(11)12-13/h2-4H,1H3. The highest BCUT2D eigenvalue weighted by molar-refractivity contribution is 9.10. The van der Waals surface area contributed by atoms with E-state index in [0.717, 1.165) is 4.47 Å². The molecule has 1 aromatic carbocycles. The van der Waals surface area contributed by atoms with Crippen molar-refractivity contribution < 1.29 is 0 Å². The lowest BCUT2D eigenvalue weighted by atomic mass is 10.2. The van der Waals surface area contributed by atoms with Crippen LogP contribution in [-0.4, -0.2) is 9.78 Å². The van der Waals surface area contributed by atoms with Crippen molar-refractivity contribution in [3.8, 4) is 0 Å². The molecule has 0 spiro atoms. The monoisotopic (exact) mass is 272 g/mol. The van der Waals surface area contributed by atoms with E-state index >= 15 is 0 Å². The Morgan fingerprint density at radius 2 is 2.14 bits per heavy atom. The fourth-order valence-corrected chi connectivity index (χ4v) is 1.91. The zero-order valence-electron chi connectivity index (χ0n) is 7.29. The third kappa shape index (κ3) is 1.44. The van der Waals surface area contributed by atoms with Crippen LogP contribution in [0.2, 0.25) is 5.15 Å². The van der Waals surface area contributed by atoms with Crippen molar-refractivity contribution >= 4 is 38.3 Å². The van der Waals surface area contributed by atoms with Crippen molar-refractivity contribution in [2.24, 2.45) is 7.05 Å². The molecular weight excluding hydrogens is 267 g/mol. The van der Waals surface area contributed by atoms with Crippen molar-refractivity contribution in [2.45, 2.75) is 0 Å². The van der Waals surface area contributed by atoms with Gasteiger partial charge in [0, 0.05) is 16.9 Å². The molecule has 0 aliphatic rings. The Balaban J connectivity index is 3.02. The third-order valence-corrected chi connectivity index (χ3v) is 2.74. The van der Waals surface area contributed by atoms with Crippen LogP contribution in [0.25, 0.3) is 10.8 Å². The summed E-state index contributed by atoms with van der Waals surface area (Å²) in [5, 5.41) is 5.48. The van der Waals surface area contributed by atoms with Crippen LogP contribution in [0.15, 0.2) is 27.5 Å².